The highest BCUT2D eigenvalue weighted by molar-refractivity contribution is 5.99. The van der Waals surface area contributed by atoms with E-state index < -0.39 is 5.91 Å². The number of benzene rings is 1. The van der Waals surface area contributed by atoms with E-state index in [4.69, 9.17) is 16.5 Å². The van der Waals surface area contributed by atoms with Gasteiger partial charge >= 0.3 is 0 Å². The van der Waals surface area contributed by atoms with Gasteiger partial charge in [0.1, 0.15) is 17.2 Å². The number of aromatic nitrogens is 2. The third-order valence-electron chi connectivity index (χ3n) is 8.05. The molecule has 3 aliphatic rings. The Hall–Kier alpha value is -3.00. The van der Waals surface area contributed by atoms with Crippen LogP contribution in [0.5, 0.6) is 0 Å². The van der Waals surface area contributed by atoms with E-state index in [0.717, 1.165) is 56.3 Å². The Morgan fingerprint density at radius 3 is 2.66 bits per heavy atom. The van der Waals surface area contributed by atoms with Gasteiger partial charge in [-0.25, -0.2) is 4.98 Å². The predicted molar refractivity (Wildman–Crippen MR) is 137 cm³/mol. The monoisotopic (exact) mass is 476 g/mol. The molecule has 0 unspecified atom stereocenters. The minimum absolute atomic E-state index is 0.0779. The van der Waals surface area contributed by atoms with Crippen molar-refractivity contribution in [2.24, 2.45) is 11.5 Å². The zero-order chi connectivity index (χ0) is 24.7. The van der Waals surface area contributed by atoms with Crippen molar-refractivity contribution in [3.05, 3.63) is 40.6 Å². The van der Waals surface area contributed by atoms with Crippen molar-refractivity contribution >= 4 is 29.1 Å². The molecule has 5 rings (SSSR count). The Morgan fingerprint density at radius 2 is 1.97 bits per heavy atom. The molecule has 0 radical (unpaired) electrons. The van der Waals surface area contributed by atoms with E-state index in [1.807, 2.05) is 0 Å². The number of carbonyl (C=O) groups excluding carboxylic acids is 2. The van der Waals surface area contributed by atoms with Crippen molar-refractivity contribution in [2.45, 2.75) is 82.6 Å². The number of piperidine rings is 1. The molecule has 2 aromatic rings. The van der Waals surface area contributed by atoms with Crippen LogP contribution in [0.3, 0.4) is 0 Å². The smallest absolute Gasteiger partial charge is 0.254 e. The molecule has 2 aliphatic carbocycles. The second-order valence-corrected chi connectivity index (χ2v) is 10.8. The highest BCUT2D eigenvalue weighted by Crippen LogP contribution is 2.49. The Morgan fingerprint density at radius 1 is 1.20 bits per heavy atom. The van der Waals surface area contributed by atoms with Crippen LogP contribution < -0.4 is 21.7 Å². The summed E-state index contributed by atoms with van der Waals surface area (Å²) >= 11 is 0. The third-order valence-corrected chi connectivity index (χ3v) is 8.05. The molecule has 1 aromatic carbocycles. The summed E-state index contributed by atoms with van der Waals surface area (Å²) in [7, 11) is 0. The van der Waals surface area contributed by atoms with Gasteiger partial charge in [0.15, 0.2) is 0 Å². The normalized spacial score (nSPS) is 21.4. The molecule has 1 aromatic heterocycles. The van der Waals surface area contributed by atoms with E-state index in [1.165, 1.54) is 23.7 Å². The van der Waals surface area contributed by atoms with Crippen LogP contribution in [0.4, 0.5) is 17.5 Å². The summed E-state index contributed by atoms with van der Waals surface area (Å²) in [6.45, 7) is 5.82. The maximum atomic E-state index is 13.3. The summed E-state index contributed by atoms with van der Waals surface area (Å²) in [5, 5.41) is 3.39. The minimum Gasteiger partial charge on any atom is -0.365 e. The summed E-state index contributed by atoms with van der Waals surface area (Å²) < 4.78 is 0. The van der Waals surface area contributed by atoms with E-state index >= 15 is 0 Å². The van der Waals surface area contributed by atoms with Gasteiger partial charge in [-0.1, -0.05) is 33.1 Å². The molecular weight excluding hydrogens is 440 g/mol. The standard InChI is InChI=1S/C27H36N6O2/c1-16(2)19-11-18(12-22-20(19)13-23(34)27(22)8-4-3-5-9-27)31-25-21(24(29)35)14-30-26(32-25)33-10-6-7-17(28)15-33/h11-12,14,16-17H,3-10,13,15,28H2,1-2H3,(H2,29,35)(H,30,31,32)/t17-/m0/s1. The van der Waals surface area contributed by atoms with Gasteiger partial charge in [-0.2, -0.15) is 4.98 Å². The molecule has 2 heterocycles. The van der Waals surface area contributed by atoms with E-state index in [-0.39, 0.29) is 22.9 Å². The van der Waals surface area contributed by atoms with Crippen molar-refractivity contribution in [2.75, 3.05) is 23.3 Å². The van der Waals surface area contributed by atoms with Gasteiger partial charge in [-0.3, -0.25) is 9.59 Å². The third kappa shape index (κ3) is 4.29. The second-order valence-electron chi connectivity index (χ2n) is 10.8. The first-order chi connectivity index (χ1) is 16.8. The molecule has 0 bridgehead atoms. The zero-order valence-corrected chi connectivity index (χ0v) is 20.8. The lowest BCUT2D eigenvalue weighted by Crippen LogP contribution is -2.43. The molecule has 1 atom stereocenters. The zero-order valence-electron chi connectivity index (χ0n) is 20.8. The number of ketones is 1. The molecular formula is C27H36N6O2. The average Bonchev–Trinajstić information content (AvgIpc) is 3.09. The van der Waals surface area contributed by atoms with Crippen molar-refractivity contribution < 1.29 is 9.59 Å². The topological polar surface area (TPSA) is 127 Å². The quantitative estimate of drug-likeness (QED) is 0.600. The van der Waals surface area contributed by atoms with Gasteiger partial charge in [-0.05, 0) is 60.4 Å². The summed E-state index contributed by atoms with van der Waals surface area (Å²) in [6.07, 6.45) is 9.15. The summed E-state index contributed by atoms with van der Waals surface area (Å²) in [5.41, 5.74) is 16.1. The first-order valence-electron chi connectivity index (χ1n) is 12.9. The lowest BCUT2D eigenvalue weighted by Gasteiger charge is -2.33. The number of primary amides is 1. The number of hydrogen-bond acceptors (Lipinski definition) is 7. The molecule has 1 saturated carbocycles. The van der Waals surface area contributed by atoms with E-state index in [9.17, 15) is 9.59 Å². The summed E-state index contributed by atoms with van der Waals surface area (Å²) in [5.74, 6) is 0.965. The largest absolute Gasteiger partial charge is 0.365 e. The van der Waals surface area contributed by atoms with Crippen LogP contribution in [0.2, 0.25) is 0 Å². The maximum Gasteiger partial charge on any atom is 0.254 e. The first kappa shape index (κ1) is 23.7. The first-order valence-corrected chi connectivity index (χ1v) is 12.9. The highest BCUT2D eigenvalue weighted by atomic mass is 16.1. The number of nitrogens with two attached hydrogens (primary N) is 2. The van der Waals surface area contributed by atoms with Crippen molar-refractivity contribution in [3.63, 3.8) is 0 Å². The van der Waals surface area contributed by atoms with Crippen molar-refractivity contribution in [1.29, 1.82) is 0 Å². The van der Waals surface area contributed by atoms with Gasteiger partial charge in [0.2, 0.25) is 5.95 Å². The lowest BCUT2D eigenvalue weighted by atomic mass is 9.69. The second kappa shape index (κ2) is 9.22. The number of rotatable bonds is 5. The Kier molecular flexibility index (Phi) is 6.25. The minimum atomic E-state index is -0.585. The summed E-state index contributed by atoms with van der Waals surface area (Å²) in [4.78, 5) is 36.7. The molecule has 8 nitrogen and oxygen atoms in total. The van der Waals surface area contributed by atoms with Crippen LogP contribution in [-0.2, 0) is 16.6 Å². The number of nitrogens with one attached hydrogen (secondary N) is 1. The average molecular weight is 477 g/mol. The fraction of sp³-hybridized carbons (Fsp3) is 0.556. The number of amides is 1. The Balaban J connectivity index is 1.56. The fourth-order valence-electron chi connectivity index (χ4n) is 6.22. The Labute approximate surface area is 206 Å². The lowest BCUT2D eigenvalue weighted by molar-refractivity contribution is -0.124. The maximum absolute atomic E-state index is 13.3. The number of anilines is 3. The van der Waals surface area contributed by atoms with Crippen LogP contribution in [0.1, 0.15) is 91.8 Å². The van der Waals surface area contributed by atoms with Gasteiger partial charge in [0.25, 0.3) is 5.91 Å². The van der Waals surface area contributed by atoms with E-state index in [0.29, 0.717) is 30.5 Å². The van der Waals surface area contributed by atoms with Gasteiger partial charge in [0.05, 0.1) is 5.41 Å². The molecule has 35 heavy (non-hydrogen) atoms. The highest BCUT2D eigenvalue weighted by Gasteiger charge is 2.47. The molecule has 2 fully saturated rings. The Bertz CT molecular complexity index is 1150. The molecule has 5 N–H and O–H groups in total. The van der Waals surface area contributed by atoms with Gasteiger partial charge in [0, 0.05) is 37.4 Å². The molecule has 1 aliphatic heterocycles. The number of Topliss-reactive ketones (excluding diaryl/α,β-unsaturated/α-hetero) is 1. The SMILES string of the molecule is CC(C)c1cc(Nc2nc(N3CCC[C@H](N)C3)ncc2C(N)=O)cc2c1CC(=O)C21CCCCC1. The molecule has 1 saturated heterocycles. The molecule has 1 spiro atoms. The van der Waals surface area contributed by atoms with Crippen LogP contribution >= 0.6 is 0 Å². The molecule has 186 valence electrons. The molecule has 1 amide bonds. The molecule has 8 heteroatoms. The number of nitrogens with zero attached hydrogens (tertiary/aromatic N) is 3. The van der Waals surface area contributed by atoms with Crippen LogP contribution in [0, 0.1) is 0 Å². The van der Waals surface area contributed by atoms with Gasteiger partial charge < -0.3 is 21.7 Å². The van der Waals surface area contributed by atoms with E-state index in [1.54, 1.807) is 0 Å². The van der Waals surface area contributed by atoms with Crippen LogP contribution in [0.15, 0.2) is 18.3 Å². The van der Waals surface area contributed by atoms with Gasteiger partial charge in [-0.15, -0.1) is 0 Å². The summed E-state index contributed by atoms with van der Waals surface area (Å²) in [6, 6.07) is 4.29. The van der Waals surface area contributed by atoms with Crippen LogP contribution in [0.25, 0.3) is 0 Å². The number of fused-ring (bicyclic) bond motifs is 2. The van der Waals surface area contributed by atoms with E-state index in [2.05, 4.69) is 41.2 Å². The number of carbonyl (C=O) groups is 2. The van der Waals surface area contributed by atoms with Crippen LogP contribution in [-0.4, -0.2) is 40.8 Å². The van der Waals surface area contributed by atoms with Crippen molar-refractivity contribution in [1.82, 2.24) is 9.97 Å². The predicted octanol–water partition coefficient (Wildman–Crippen LogP) is 3.70. The fourth-order valence-corrected chi connectivity index (χ4v) is 6.22. The number of hydrogen-bond donors (Lipinski definition) is 3. The van der Waals surface area contributed by atoms with Crippen molar-refractivity contribution in [3.8, 4) is 0 Å².